The van der Waals surface area contributed by atoms with Crippen LogP contribution in [-0.4, -0.2) is 15.8 Å². The second-order valence-electron chi connectivity index (χ2n) is 6.26. The molecule has 0 spiro atoms. The maximum Gasteiger partial charge on any atom is 0.0863 e. The zero-order valence-corrected chi connectivity index (χ0v) is 14.5. The summed E-state index contributed by atoms with van der Waals surface area (Å²) in [6.07, 6.45) is 9.02. The van der Waals surface area contributed by atoms with E-state index in [1.54, 1.807) is 0 Å². The van der Waals surface area contributed by atoms with Crippen LogP contribution < -0.4 is 5.32 Å². The molecular formula is C17H30ClN3. The second kappa shape index (κ2) is 8.19. The summed E-state index contributed by atoms with van der Waals surface area (Å²) in [5.41, 5.74) is 2.19. The molecule has 0 saturated heterocycles. The summed E-state index contributed by atoms with van der Waals surface area (Å²) in [5.74, 6) is 0.963. The summed E-state index contributed by atoms with van der Waals surface area (Å²) in [4.78, 5) is 0. The number of aryl methyl sites for hydroxylation is 2. The summed E-state index contributed by atoms with van der Waals surface area (Å²) in [5, 5.41) is 9.17. The van der Waals surface area contributed by atoms with Crippen molar-refractivity contribution >= 4 is 11.6 Å². The number of rotatable bonds is 7. The predicted molar refractivity (Wildman–Crippen MR) is 89.8 cm³/mol. The molecule has 1 fully saturated rings. The highest BCUT2D eigenvalue weighted by Gasteiger charge is 2.21. The molecule has 1 aromatic rings. The van der Waals surface area contributed by atoms with E-state index < -0.39 is 0 Å². The van der Waals surface area contributed by atoms with Gasteiger partial charge in [-0.05, 0) is 44.9 Å². The number of nitrogens with zero attached hydrogens (tertiary/aromatic N) is 2. The Balaban J connectivity index is 1.88. The van der Waals surface area contributed by atoms with E-state index >= 15 is 0 Å². The highest BCUT2D eigenvalue weighted by atomic mass is 35.5. The van der Waals surface area contributed by atoms with Crippen LogP contribution in [0.3, 0.4) is 0 Å². The highest BCUT2D eigenvalue weighted by molar-refractivity contribution is 6.31. The van der Waals surface area contributed by atoms with Crippen LogP contribution in [0.2, 0.25) is 5.02 Å². The van der Waals surface area contributed by atoms with Crippen molar-refractivity contribution in [3.63, 3.8) is 0 Å². The minimum absolute atomic E-state index is 0.652. The van der Waals surface area contributed by atoms with Gasteiger partial charge in [0.25, 0.3) is 0 Å². The van der Waals surface area contributed by atoms with Crippen molar-refractivity contribution in [3.8, 4) is 0 Å². The lowest BCUT2D eigenvalue weighted by Gasteiger charge is -2.29. The molecular weight excluding hydrogens is 282 g/mol. The molecule has 1 heterocycles. The lowest BCUT2D eigenvalue weighted by molar-refractivity contribution is 0.276. The van der Waals surface area contributed by atoms with E-state index in [0.29, 0.717) is 6.04 Å². The third kappa shape index (κ3) is 4.23. The number of aromatic nitrogens is 2. The van der Waals surface area contributed by atoms with Crippen molar-refractivity contribution in [2.75, 3.05) is 0 Å². The third-order valence-corrected chi connectivity index (χ3v) is 5.23. The van der Waals surface area contributed by atoms with E-state index in [1.807, 2.05) is 0 Å². The first-order valence-corrected chi connectivity index (χ1v) is 9.04. The zero-order valence-electron chi connectivity index (χ0n) is 13.8. The maximum absolute atomic E-state index is 6.47. The number of hydrogen-bond acceptors (Lipinski definition) is 2. The summed E-state index contributed by atoms with van der Waals surface area (Å²) in [7, 11) is 0. The quantitative estimate of drug-likeness (QED) is 0.799. The fourth-order valence-electron chi connectivity index (χ4n) is 3.49. The van der Waals surface area contributed by atoms with E-state index in [1.165, 1.54) is 38.5 Å². The molecule has 1 aliphatic carbocycles. The molecule has 1 aromatic heterocycles. The maximum atomic E-state index is 6.47. The Morgan fingerprint density at radius 1 is 1.19 bits per heavy atom. The van der Waals surface area contributed by atoms with E-state index in [-0.39, 0.29) is 0 Å². The lowest BCUT2D eigenvalue weighted by atomic mass is 9.83. The van der Waals surface area contributed by atoms with Crippen LogP contribution in [0.1, 0.15) is 70.7 Å². The standard InChI is InChI=1S/C17H30ClN3/c1-4-7-13-8-10-14(11-9-13)19-12-16-17(18)15(5-2)20-21(16)6-3/h13-14,19H,4-12H2,1-3H3. The van der Waals surface area contributed by atoms with Gasteiger partial charge in [0.2, 0.25) is 0 Å². The molecule has 0 unspecified atom stereocenters. The molecule has 0 bridgehead atoms. The molecule has 1 N–H and O–H groups in total. The molecule has 0 aliphatic heterocycles. The Kier molecular flexibility index (Phi) is 6.56. The Hall–Kier alpha value is -0.540. The van der Waals surface area contributed by atoms with Gasteiger partial charge in [-0.3, -0.25) is 4.68 Å². The van der Waals surface area contributed by atoms with Crippen LogP contribution in [0.5, 0.6) is 0 Å². The van der Waals surface area contributed by atoms with Crippen LogP contribution >= 0.6 is 11.6 Å². The number of hydrogen-bond donors (Lipinski definition) is 1. The van der Waals surface area contributed by atoms with Crippen LogP contribution in [-0.2, 0) is 19.5 Å². The summed E-state index contributed by atoms with van der Waals surface area (Å²) >= 11 is 6.47. The molecule has 21 heavy (non-hydrogen) atoms. The van der Waals surface area contributed by atoms with Gasteiger partial charge in [-0.15, -0.1) is 0 Å². The first-order chi connectivity index (χ1) is 10.2. The van der Waals surface area contributed by atoms with Gasteiger partial charge < -0.3 is 5.32 Å². The Bertz CT molecular complexity index is 433. The molecule has 2 rings (SSSR count). The minimum Gasteiger partial charge on any atom is -0.308 e. The van der Waals surface area contributed by atoms with Crippen molar-refractivity contribution in [2.45, 2.75) is 84.8 Å². The van der Waals surface area contributed by atoms with Gasteiger partial charge in [-0.2, -0.15) is 5.10 Å². The first-order valence-electron chi connectivity index (χ1n) is 8.66. The van der Waals surface area contributed by atoms with E-state index in [9.17, 15) is 0 Å². The van der Waals surface area contributed by atoms with Crippen molar-refractivity contribution in [2.24, 2.45) is 5.92 Å². The van der Waals surface area contributed by atoms with Crippen molar-refractivity contribution in [1.82, 2.24) is 15.1 Å². The molecule has 0 aromatic carbocycles. The van der Waals surface area contributed by atoms with Gasteiger partial charge in [-0.1, -0.05) is 38.3 Å². The fraction of sp³-hybridized carbons (Fsp3) is 0.824. The largest absolute Gasteiger partial charge is 0.308 e. The predicted octanol–water partition coefficient (Wildman–Crippen LogP) is 4.57. The lowest BCUT2D eigenvalue weighted by Crippen LogP contribution is -2.33. The molecule has 0 atom stereocenters. The van der Waals surface area contributed by atoms with Crippen LogP contribution in [0, 0.1) is 5.92 Å². The Labute approximate surface area is 134 Å². The molecule has 3 nitrogen and oxygen atoms in total. The fourth-order valence-corrected chi connectivity index (χ4v) is 3.83. The molecule has 4 heteroatoms. The van der Waals surface area contributed by atoms with Gasteiger partial charge in [-0.25, -0.2) is 0 Å². The molecule has 1 aliphatic rings. The molecule has 0 radical (unpaired) electrons. The van der Waals surface area contributed by atoms with Crippen molar-refractivity contribution < 1.29 is 0 Å². The van der Waals surface area contributed by atoms with E-state index in [4.69, 9.17) is 11.6 Å². The topological polar surface area (TPSA) is 29.9 Å². The van der Waals surface area contributed by atoms with Crippen molar-refractivity contribution in [3.05, 3.63) is 16.4 Å². The van der Waals surface area contributed by atoms with Crippen LogP contribution in [0.4, 0.5) is 0 Å². The van der Waals surface area contributed by atoms with Gasteiger partial charge in [0.15, 0.2) is 0 Å². The normalized spacial score (nSPS) is 22.7. The molecule has 0 amide bonds. The third-order valence-electron chi connectivity index (χ3n) is 4.80. The van der Waals surface area contributed by atoms with E-state index in [0.717, 1.165) is 41.8 Å². The second-order valence-corrected chi connectivity index (χ2v) is 6.64. The SMILES string of the molecule is CCCC1CCC(NCc2c(Cl)c(CC)nn2CC)CC1. The average molecular weight is 312 g/mol. The zero-order chi connectivity index (χ0) is 15.2. The molecule has 1 saturated carbocycles. The number of nitrogens with one attached hydrogen (secondary N) is 1. The van der Waals surface area contributed by atoms with Crippen LogP contribution in [0.25, 0.3) is 0 Å². The molecule has 120 valence electrons. The summed E-state index contributed by atoms with van der Waals surface area (Å²) in [6.45, 7) is 8.27. The van der Waals surface area contributed by atoms with Crippen LogP contribution in [0.15, 0.2) is 0 Å². The van der Waals surface area contributed by atoms with Gasteiger partial charge in [0.05, 0.1) is 16.4 Å². The van der Waals surface area contributed by atoms with Gasteiger partial charge in [0.1, 0.15) is 0 Å². The van der Waals surface area contributed by atoms with Gasteiger partial charge in [0, 0.05) is 19.1 Å². The van der Waals surface area contributed by atoms with Crippen molar-refractivity contribution in [1.29, 1.82) is 0 Å². The number of halogens is 1. The van der Waals surface area contributed by atoms with Gasteiger partial charge >= 0.3 is 0 Å². The Morgan fingerprint density at radius 3 is 2.48 bits per heavy atom. The monoisotopic (exact) mass is 311 g/mol. The summed E-state index contributed by atoms with van der Waals surface area (Å²) in [6, 6.07) is 0.652. The average Bonchev–Trinajstić information content (AvgIpc) is 2.82. The minimum atomic E-state index is 0.652. The first kappa shape index (κ1) is 16.8. The summed E-state index contributed by atoms with van der Waals surface area (Å²) < 4.78 is 2.05. The Morgan fingerprint density at radius 2 is 1.90 bits per heavy atom. The van der Waals surface area contributed by atoms with E-state index in [2.05, 4.69) is 35.9 Å². The highest BCUT2D eigenvalue weighted by Crippen LogP contribution is 2.28. The smallest absolute Gasteiger partial charge is 0.0863 e.